The van der Waals surface area contributed by atoms with Gasteiger partial charge in [-0.1, -0.05) is 35.3 Å². The van der Waals surface area contributed by atoms with Gasteiger partial charge in [0.15, 0.2) is 0 Å². The Balaban J connectivity index is 2.02. The maximum Gasteiger partial charge on any atom is 0.135 e. The van der Waals surface area contributed by atoms with Crippen molar-refractivity contribution in [2.45, 2.75) is 19.8 Å². The number of unbranched alkanes of at least 4 members (excludes halogenated alkanes) is 1. The first-order valence-corrected chi connectivity index (χ1v) is 7.15. The van der Waals surface area contributed by atoms with Gasteiger partial charge in [0, 0.05) is 22.8 Å². The van der Waals surface area contributed by atoms with E-state index in [1.807, 2.05) is 30.3 Å². The summed E-state index contributed by atoms with van der Waals surface area (Å²) in [6, 6.07) is 9.89. The first kappa shape index (κ1) is 13.8. The number of hydrogen-bond acceptors (Lipinski definition) is 4. The molecule has 0 aliphatic rings. The van der Waals surface area contributed by atoms with Crippen LogP contribution in [0, 0.1) is 0 Å². The summed E-state index contributed by atoms with van der Waals surface area (Å²) in [4.78, 5) is 8.41. The first-order valence-electron chi connectivity index (χ1n) is 6.36. The fraction of sp³-hybridized carbons (Fsp3) is 0.286. The molecule has 0 fully saturated rings. The Morgan fingerprint density at radius 1 is 1.16 bits per heavy atom. The molecule has 0 aliphatic heterocycles. The predicted molar refractivity (Wildman–Crippen MR) is 82.9 cm³/mol. The van der Waals surface area contributed by atoms with Crippen molar-refractivity contribution in [3.05, 3.63) is 41.1 Å². The summed E-state index contributed by atoms with van der Waals surface area (Å²) in [5, 5.41) is 6.54. The van der Waals surface area contributed by atoms with Crippen molar-refractivity contribution < 1.29 is 0 Å². The van der Waals surface area contributed by atoms with Crippen molar-refractivity contribution in [3.63, 3.8) is 0 Å². The smallest absolute Gasteiger partial charge is 0.135 e. The van der Waals surface area contributed by atoms with E-state index in [-0.39, 0.29) is 0 Å². The molecule has 2 aromatic rings. The molecule has 5 heteroatoms. The van der Waals surface area contributed by atoms with Crippen molar-refractivity contribution in [1.82, 2.24) is 9.97 Å². The molecule has 2 N–H and O–H groups in total. The van der Waals surface area contributed by atoms with Crippen LogP contribution in [0.25, 0.3) is 0 Å². The molecule has 1 aromatic heterocycles. The molecule has 0 spiro atoms. The van der Waals surface area contributed by atoms with E-state index in [1.165, 1.54) is 6.42 Å². The largest absolute Gasteiger partial charge is 0.370 e. The lowest BCUT2D eigenvalue weighted by molar-refractivity contribution is 0.830. The molecular weight excluding hydrogens is 304 g/mol. The van der Waals surface area contributed by atoms with Gasteiger partial charge in [0.25, 0.3) is 0 Å². The van der Waals surface area contributed by atoms with E-state index in [9.17, 15) is 0 Å². The van der Waals surface area contributed by atoms with Crippen molar-refractivity contribution in [3.8, 4) is 0 Å². The maximum absolute atomic E-state index is 4.22. The van der Waals surface area contributed by atoms with Gasteiger partial charge >= 0.3 is 0 Å². The molecule has 4 nitrogen and oxygen atoms in total. The molecule has 1 heterocycles. The first-order chi connectivity index (χ1) is 9.28. The number of nitrogens with zero attached hydrogens (tertiary/aromatic N) is 2. The molecule has 0 aliphatic carbocycles. The minimum absolute atomic E-state index is 0.784. The van der Waals surface area contributed by atoms with Crippen LogP contribution in [-0.4, -0.2) is 16.5 Å². The molecule has 19 heavy (non-hydrogen) atoms. The molecule has 1 aromatic carbocycles. The van der Waals surface area contributed by atoms with Gasteiger partial charge in [-0.25, -0.2) is 9.97 Å². The summed E-state index contributed by atoms with van der Waals surface area (Å²) in [6.45, 7) is 3.10. The van der Waals surface area contributed by atoms with Crippen LogP contribution in [0.2, 0.25) is 0 Å². The quantitative estimate of drug-likeness (QED) is 0.783. The lowest BCUT2D eigenvalue weighted by Crippen LogP contribution is -2.04. The standard InChI is InChI=1S/C14H17BrN4/c1-2-3-7-16-13-9-14(18-10-17-13)19-12-6-4-5-11(15)8-12/h4-6,8-10H,2-3,7H2,1H3,(H2,16,17,18,19). The lowest BCUT2D eigenvalue weighted by Gasteiger charge is -2.08. The number of hydrogen-bond donors (Lipinski definition) is 2. The van der Waals surface area contributed by atoms with Crippen LogP contribution in [0.1, 0.15) is 19.8 Å². The van der Waals surface area contributed by atoms with Crippen LogP contribution < -0.4 is 10.6 Å². The van der Waals surface area contributed by atoms with E-state index in [4.69, 9.17) is 0 Å². The van der Waals surface area contributed by atoms with Gasteiger partial charge in [0.2, 0.25) is 0 Å². The topological polar surface area (TPSA) is 49.8 Å². The average Bonchev–Trinajstić information content (AvgIpc) is 2.39. The number of benzene rings is 1. The average molecular weight is 321 g/mol. The normalized spacial score (nSPS) is 10.2. The van der Waals surface area contributed by atoms with Gasteiger partial charge in [-0.15, -0.1) is 0 Å². The van der Waals surface area contributed by atoms with E-state index < -0.39 is 0 Å². The van der Waals surface area contributed by atoms with E-state index >= 15 is 0 Å². The summed E-state index contributed by atoms with van der Waals surface area (Å²) in [5.41, 5.74) is 0.993. The molecule has 2 rings (SSSR count). The Kier molecular flexibility index (Phi) is 5.15. The highest BCUT2D eigenvalue weighted by atomic mass is 79.9. The third-order valence-corrected chi connectivity index (χ3v) is 3.09. The van der Waals surface area contributed by atoms with Crippen LogP contribution >= 0.6 is 15.9 Å². The molecule has 0 atom stereocenters. The van der Waals surface area contributed by atoms with Crippen molar-refractivity contribution in [2.24, 2.45) is 0 Å². The number of halogens is 1. The zero-order chi connectivity index (χ0) is 13.5. The van der Waals surface area contributed by atoms with E-state index in [0.717, 1.165) is 34.8 Å². The second-order valence-corrected chi connectivity index (χ2v) is 5.12. The van der Waals surface area contributed by atoms with Crippen LogP contribution in [0.3, 0.4) is 0 Å². The van der Waals surface area contributed by atoms with E-state index in [2.05, 4.69) is 43.5 Å². The fourth-order valence-corrected chi connectivity index (χ4v) is 2.03. The van der Waals surface area contributed by atoms with Gasteiger partial charge in [0.05, 0.1) is 0 Å². The van der Waals surface area contributed by atoms with Crippen LogP contribution in [0.4, 0.5) is 17.3 Å². The zero-order valence-corrected chi connectivity index (χ0v) is 12.4. The molecule has 0 saturated heterocycles. The summed E-state index contributed by atoms with van der Waals surface area (Å²) >= 11 is 3.45. The molecule has 0 unspecified atom stereocenters. The van der Waals surface area contributed by atoms with E-state index in [0.29, 0.717) is 0 Å². The minimum Gasteiger partial charge on any atom is -0.370 e. The third kappa shape index (κ3) is 4.52. The number of rotatable bonds is 6. The SMILES string of the molecule is CCCCNc1cc(Nc2cccc(Br)c2)ncn1. The highest BCUT2D eigenvalue weighted by Crippen LogP contribution is 2.20. The summed E-state index contributed by atoms with van der Waals surface area (Å²) in [6.07, 6.45) is 3.87. The Labute approximate surface area is 121 Å². The van der Waals surface area contributed by atoms with Gasteiger partial charge < -0.3 is 10.6 Å². The molecule has 100 valence electrons. The predicted octanol–water partition coefficient (Wildman–Crippen LogP) is 4.19. The Bertz CT molecular complexity index is 530. The lowest BCUT2D eigenvalue weighted by atomic mass is 10.3. The zero-order valence-electron chi connectivity index (χ0n) is 10.9. The number of aromatic nitrogens is 2. The van der Waals surface area contributed by atoms with Gasteiger partial charge in [-0.3, -0.25) is 0 Å². The Hall–Kier alpha value is -1.62. The van der Waals surface area contributed by atoms with Crippen LogP contribution in [0.5, 0.6) is 0 Å². The monoisotopic (exact) mass is 320 g/mol. The van der Waals surface area contributed by atoms with Gasteiger partial charge in [-0.2, -0.15) is 0 Å². The highest BCUT2D eigenvalue weighted by molar-refractivity contribution is 9.10. The van der Waals surface area contributed by atoms with Crippen molar-refractivity contribution in [1.29, 1.82) is 0 Å². The molecule has 0 bridgehead atoms. The third-order valence-electron chi connectivity index (χ3n) is 2.60. The van der Waals surface area contributed by atoms with Crippen molar-refractivity contribution >= 4 is 33.3 Å². The number of nitrogens with one attached hydrogen (secondary N) is 2. The van der Waals surface area contributed by atoms with Gasteiger partial charge in [-0.05, 0) is 24.6 Å². The van der Waals surface area contributed by atoms with Gasteiger partial charge in [0.1, 0.15) is 18.0 Å². The maximum atomic E-state index is 4.22. The summed E-state index contributed by atoms with van der Waals surface area (Å²) < 4.78 is 1.04. The van der Waals surface area contributed by atoms with E-state index in [1.54, 1.807) is 6.33 Å². The second kappa shape index (κ2) is 7.09. The molecule has 0 radical (unpaired) electrons. The molecule has 0 saturated carbocycles. The summed E-state index contributed by atoms with van der Waals surface area (Å²) in [7, 11) is 0. The Morgan fingerprint density at radius 3 is 2.79 bits per heavy atom. The minimum atomic E-state index is 0.784. The second-order valence-electron chi connectivity index (χ2n) is 4.20. The van der Waals surface area contributed by atoms with Crippen LogP contribution in [0.15, 0.2) is 41.1 Å². The van der Waals surface area contributed by atoms with Crippen molar-refractivity contribution in [2.75, 3.05) is 17.2 Å². The van der Waals surface area contributed by atoms with Crippen LogP contribution in [-0.2, 0) is 0 Å². The molecule has 0 amide bonds. The highest BCUT2D eigenvalue weighted by Gasteiger charge is 1.99. The summed E-state index contributed by atoms with van der Waals surface area (Å²) in [5.74, 6) is 1.63. The Morgan fingerprint density at radius 2 is 2.00 bits per heavy atom. The number of anilines is 3. The molecular formula is C14H17BrN4. The fourth-order valence-electron chi connectivity index (χ4n) is 1.63.